The number of methoxy groups -OCH3 is 1. The third-order valence-corrected chi connectivity index (χ3v) is 4.65. The average molecular weight is 438 g/mol. The van der Waals surface area contributed by atoms with E-state index < -0.39 is 23.3 Å². The van der Waals surface area contributed by atoms with Crippen LogP contribution < -0.4 is 26.5 Å². The number of nitrogens with zero attached hydrogens (tertiary/aromatic N) is 1. The molecule has 0 aliphatic carbocycles. The standard InChI is InChI=1S/C23H23FN4O4/c1-32-19-9-7-16(8-10-19)11-12-25-23(31)27-26-21(29)20-6-3-13-28(22(20)30)15-17-4-2-5-18(24)14-17/h2-10,13-14H,11-12,15H2,1H3,(H,26,29)(H2,25,27,31). The van der Waals surface area contributed by atoms with Gasteiger partial charge in [0.05, 0.1) is 13.7 Å². The molecule has 2 aromatic carbocycles. The average Bonchev–Trinajstić information content (AvgIpc) is 2.79. The molecular formula is C23H23FN4O4. The predicted molar refractivity (Wildman–Crippen MR) is 117 cm³/mol. The predicted octanol–water partition coefficient (Wildman–Crippen LogP) is 2.23. The first-order chi connectivity index (χ1) is 15.5. The number of urea groups is 1. The van der Waals surface area contributed by atoms with E-state index in [0.29, 0.717) is 18.5 Å². The molecule has 166 valence electrons. The van der Waals surface area contributed by atoms with Crippen molar-refractivity contribution in [3.63, 3.8) is 0 Å². The largest absolute Gasteiger partial charge is 0.497 e. The second-order valence-corrected chi connectivity index (χ2v) is 6.92. The number of aromatic nitrogens is 1. The van der Waals surface area contributed by atoms with Gasteiger partial charge < -0.3 is 14.6 Å². The van der Waals surface area contributed by atoms with Crippen LogP contribution in [0.1, 0.15) is 21.5 Å². The highest BCUT2D eigenvalue weighted by atomic mass is 19.1. The van der Waals surface area contributed by atoms with Gasteiger partial charge in [0.1, 0.15) is 17.1 Å². The molecule has 3 amide bonds. The first-order valence-electron chi connectivity index (χ1n) is 9.87. The van der Waals surface area contributed by atoms with E-state index in [-0.39, 0.29) is 12.1 Å². The second-order valence-electron chi connectivity index (χ2n) is 6.92. The summed E-state index contributed by atoms with van der Waals surface area (Å²) in [5, 5.41) is 2.62. The first kappa shape index (κ1) is 22.5. The number of rotatable bonds is 7. The van der Waals surface area contributed by atoms with Crippen molar-refractivity contribution >= 4 is 11.9 Å². The maximum atomic E-state index is 13.4. The third-order valence-electron chi connectivity index (χ3n) is 4.65. The Morgan fingerprint density at radius 1 is 1.00 bits per heavy atom. The van der Waals surface area contributed by atoms with Crippen LogP contribution in [0.25, 0.3) is 0 Å². The summed E-state index contributed by atoms with van der Waals surface area (Å²) >= 11 is 0. The van der Waals surface area contributed by atoms with Crippen molar-refractivity contribution < 1.29 is 18.7 Å². The topological polar surface area (TPSA) is 101 Å². The lowest BCUT2D eigenvalue weighted by atomic mass is 10.1. The maximum Gasteiger partial charge on any atom is 0.333 e. The molecule has 0 saturated heterocycles. The van der Waals surface area contributed by atoms with Gasteiger partial charge in [0.2, 0.25) is 0 Å². The Hall–Kier alpha value is -4.14. The van der Waals surface area contributed by atoms with E-state index in [1.165, 1.54) is 35.0 Å². The minimum absolute atomic E-state index is 0.108. The molecule has 1 heterocycles. The lowest BCUT2D eigenvalue weighted by Crippen LogP contribution is -2.48. The van der Waals surface area contributed by atoms with Crippen molar-refractivity contribution in [3.8, 4) is 5.75 Å². The van der Waals surface area contributed by atoms with Crippen LogP contribution in [0, 0.1) is 5.82 Å². The van der Waals surface area contributed by atoms with E-state index in [0.717, 1.165) is 11.3 Å². The zero-order valence-corrected chi connectivity index (χ0v) is 17.4. The minimum atomic E-state index is -0.756. The van der Waals surface area contributed by atoms with Crippen molar-refractivity contribution in [1.82, 2.24) is 20.7 Å². The van der Waals surface area contributed by atoms with Crippen LogP contribution in [0.15, 0.2) is 71.7 Å². The number of carbonyl (C=O) groups is 2. The summed E-state index contributed by atoms with van der Waals surface area (Å²) < 4.78 is 19.8. The number of nitrogens with one attached hydrogen (secondary N) is 3. The summed E-state index contributed by atoms with van der Waals surface area (Å²) in [6.07, 6.45) is 2.10. The van der Waals surface area contributed by atoms with Crippen LogP contribution in [-0.2, 0) is 13.0 Å². The smallest absolute Gasteiger partial charge is 0.333 e. The monoisotopic (exact) mass is 438 g/mol. The zero-order chi connectivity index (χ0) is 22.9. The summed E-state index contributed by atoms with van der Waals surface area (Å²) in [5.74, 6) is -0.418. The quantitative estimate of drug-likeness (QED) is 0.493. The maximum absolute atomic E-state index is 13.4. The molecule has 32 heavy (non-hydrogen) atoms. The molecule has 0 aliphatic heterocycles. The number of hydrogen-bond acceptors (Lipinski definition) is 4. The molecule has 0 saturated carbocycles. The van der Waals surface area contributed by atoms with Gasteiger partial charge >= 0.3 is 6.03 Å². The van der Waals surface area contributed by atoms with Crippen LogP contribution in [0.3, 0.4) is 0 Å². The summed E-state index contributed by atoms with van der Waals surface area (Å²) in [7, 11) is 1.59. The van der Waals surface area contributed by atoms with Gasteiger partial charge in [-0.2, -0.15) is 0 Å². The number of benzene rings is 2. The number of pyridine rings is 1. The van der Waals surface area contributed by atoms with Gasteiger partial charge in [-0.3, -0.25) is 15.0 Å². The Balaban J connectivity index is 1.50. The Kier molecular flexibility index (Phi) is 7.58. The molecule has 0 atom stereocenters. The number of hydrazine groups is 1. The van der Waals surface area contributed by atoms with Gasteiger partial charge in [-0.1, -0.05) is 24.3 Å². The van der Waals surface area contributed by atoms with E-state index in [1.54, 1.807) is 19.2 Å². The van der Waals surface area contributed by atoms with Crippen molar-refractivity contribution in [1.29, 1.82) is 0 Å². The van der Waals surface area contributed by atoms with Crippen LogP contribution in [-0.4, -0.2) is 30.2 Å². The third kappa shape index (κ3) is 6.18. The Morgan fingerprint density at radius 2 is 1.78 bits per heavy atom. The lowest BCUT2D eigenvalue weighted by molar-refractivity contribution is 0.0934. The number of halogens is 1. The van der Waals surface area contributed by atoms with Crippen molar-refractivity contribution in [2.24, 2.45) is 0 Å². The van der Waals surface area contributed by atoms with E-state index in [2.05, 4.69) is 16.2 Å². The molecule has 1 aromatic heterocycles. The summed E-state index contributed by atoms with van der Waals surface area (Å²) in [6.45, 7) is 0.455. The molecular weight excluding hydrogens is 415 g/mol. The van der Waals surface area contributed by atoms with Crippen LogP contribution in [0.4, 0.5) is 9.18 Å². The van der Waals surface area contributed by atoms with Crippen LogP contribution in [0.5, 0.6) is 5.75 Å². The Bertz CT molecular complexity index is 1150. The fourth-order valence-electron chi connectivity index (χ4n) is 3.00. The first-order valence-corrected chi connectivity index (χ1v) is 9.87. The molecule has 3 N–H and O–H groups in total. The normalized spacial score (nSPS) is 10.3. The van der Waals surface area contributed by atoms with E-state index in [9.17, 15) is 18.8 Å². The van der Waals surface area contributed by atoms with Gasteiger partial charge in [0.15, 0.2) is 0 Å². The number of amides is 3. The van der Waals surface area contributed by atoms with Gasteiger partial charge in [0.25, 0.3) is 11.5 Å². The van der Waals surface area contributed by atoms with Gasteiger partial charge in [-0.15, -0.1) is 0 Å². The van der Waals surface area contributed by atoms with Gasteiger partial charge in [-0.25, -0.2) is 14.6 Å². The van der Waals surface area contributed by atoms with Crippen LogP contribution in [0.2, 0.25) is 0 Å². The van der Waals surface area contributed by atoms with E-state index in [1.807, 2.05) is 24.3 Å². The second kappa shape index (κ2) is 10.8. The van der Waals surface area contributed by atoms with Crippen molar-refractivity contribution in [3.05, 3.63) is 99.7 Å². The Labute approximate surface area is 184 Å². The SMILES string of the molecule is COc1ccc(CCNC(=O)NNC(=O)c2cccn(Cc3cccc(F)c3)c2=O)cc1. The lowest BCUT2D eigenvalue weighted by Gasteiger charge is -2.11. The molecule has 8 nitrogen and oxygen atoms in total. The summed E-state index contributed by atoms with van der Waals surface area (Å²) in [6, 6.07) is 15.6. The van der Waals surface area contributed by atoms with Crippen molar-refractivity contribution in [2.75, 3.05) is 13.7 Å². The molecule has 0 bridgehead atoms. The minimum Gasteiger partial charge on any atom is -0.497 e. The molecule has 3 rings (SSSR count). The summed E-state index contributed by atoms with van der Waals surface area (Å²) in [5.41, 5.74) is 5.32. The van der Waals surface area contributed by atoms with Gasteiger partial charge in [0, 0.05) is 12.7 Å². The fraction of sp³-hybridized carbons (Fsp3) is 0.174. The molecule has 0 spiro atoms. The zero-order valence-electron chi connectivity index (χ0n) is 17.4. The molecule has 9 heteroatoms. The van der Waals surface area contributed by atoms with Crippen molar-refractivity contribution in [2.45, 2.75) is 13.0 Å². The van der Waals surface area contributed by atoms with Gasteiger partial charge in [-0.05, 0) is 53.9 Å². The van der Waals surface area contributed by atoms with Crippen LogP contribution >= 0.6 is 0 Å². The Morgan fingerprint density at radius 3 is 2.50 bits per heavy atom. The number of hydrogen-bond donors (Lipinski definition) is 3. The highest BCUT2D eigenvalue weighted by Gasteiger charge is 2.13. The summed E-state index contributed by atoms with van der Waals surface area (Å²) in [4.78, 5) is 36.9. The van der Waals surface area contributed by atoms with E-state index in [4.69, 9.17) is 4.74 Å². The number of carbonyl (C=O) groups excluding carboxylic acids is 2. The molecule has 0 unspecified atom stereocenters. The molecule has 0 aliphatic rings. The highest BCUT2D eigenvalue weighted by molar-refractivity contribution is 5.94. The highest BCUT2D eigenvalue weighted by Crippen LogP contribution is 2.11. The molecule has 3 aromatic rings. The van der Waals surface area contributed by atoms with E-state index >= 15 is 0 Å². The fourth-order valence-corrected chi connectivity index (χ4v) is 3.00. The molecule has 0 fully saturated rings. The number of ether oxygens (including phenoxy) is 1. The molecule has 0 radical (unpaired) electrons.